The van der Waals surface area contributed by atoms with Crippen molar-refractivity contribution < 1.29 is 19.8 Å². The average molecular weight is 439 g/mol. The van der Waals surface area contributed by atoms with E-state index < -0.39 is 11.9 Å². The summed E-state index contributed by atoms with van der Waals surface area (Å²) in [6, 6.07) is 13.9. The Hall–Kier alpha value is -3.06. The first kappa shape index (κ1) is 22.6. The van der Waals surface area contributed by atoms with Gasteiger partial charge in [0.2, 0.25) is 0 Å². The van der Waals surface area contributed by atoms with Gasteiger partial charge in [0.15, 0.2) is 0 Å². The van der Waals surface area contributed by atoms with Crippen LogP contribution in [0.25, 0.3) is 0 Å². The predicted octanol–water partition coefficient (Wildman–Crippen LogP) is 5.01. The molecule has 0 aliphatic heterocycles. The van der Waals surface area contributed by atoms with Crippen LogP contribution in [0.2, 0.25) is 0 Å². The Kier molecular flexibility index (Phi) is 7.89. The van der Waals surface area contributed by atoms with E-state index in [-0.39, 0.29) is 5.56 Å². The van der Waals surface area contributed by atoms with Crippen LogP contribution in [0.1, 0.15) is 57.6 Å². The van der Waals surface area contributed by atoms with Crippen molar-refractivity contribution in [2.75, 3.05) is 5.75 Å². The lowest BCUT2D eigenvalue weighted by atomic mass is 10.1. The maximum absolute atomic E-state index is 11.2. The van der Waals surface area contributed by atoms with Crippen LogP contribution < -0.4 is 0 Å². The highest BCUT2D eigenvalue weighted by Crippen LogP contribution is 2.22. The Morgan fingerprint density at radius 2 is 1.74 bits per heavy atom. The number of aromatic nitrogens is 2. The fourth-order valence-electron chi connectivity index (χ4n) is 3.31. The normalized spacial score (nSPS) is 10.9. The molecule has 162 valence electrons. The highest BCUT2D eigenvalue weighted by Gasteiger charge is 2.12. The van der Waals surface area contributed by atoms with E-state index in [9.17, 15) is 9.59 Å². The van der Waals surface area contributed by atoms with Gasteiger partial charge in [-0.3, -0.25) is 0 Å². The van der Waals surface area contributed by atoms with Crippen molar-refractivity contribution in [3.63, 3.8) is 0 Å². The third kappa shape index (κ3) is 6.21. The monoisotopic (exact) mass is 438 g/mol. The fourth-order valence-corrected chi connectivity index (χ4v) is 4.24. The largest absolute Gasteiger partial charge is 0.478 e. The van der Waals surface area contributed by atoms with Crippen LogP contribution in [0.4, 0.5) is 0 Å². The lowest BCUT2D eigenvalue weighted by Crippen LogP contribution is -2.10. The molecule has 7 heteroatoms. The number of unbranched alkanes of at least 4 members (excludes halogenated alkanes) is 1. The summed E-state index contributed by atoms with van der Waals surface area (Å²) in [6.07, 6.45) is 5.77. The summed E-state index contributed by atoms with van der Waals surface area (Å²) in [4.78, 5) is 27.8. The van der Waals surface area contributed by atoms with Gasteiger partial charge in [-0.15, -0.1) is 11.8 Å². The van der Waals surface area contributed by atoms with E-state index in [1.165, 1.54) is 0 Å². The Morgan fingerprint density at radius 1 is 1.00 bits per heavy atom. The van der Waals surface area contributed by atoms with Crippen molar-refractivity contribution in [3.8, 4) is 0 Å². The minimum Gasteiger partial charge on any atom is -0.478 e. The summed E-state index contributed by atoms with van der Waals surface area (Å²) in [5.41, 5.74) is 2.72. The second-order valence-corrected chi connectivity index (χ2v) is 8.46. The van der Waals surface area contributed by atoms with Crippen molar-refractivity contribution in [1.29, 1.82) is 0 Å². The van der Waals surface area contributed by atoms with Crippen LogP contribution >= 0.6 is 11.8 Å². The van der Waals surface area contributed by atoms with E-state index in [2.05, 4.69) is 16.5 Å². The fraction of sp³-hybridized carbons (Fsp3) is 0.292. The topological polar surface area (TPSA) is 92.4 Å². The smallest absolute Gasteiger partial charge is 0.335 e. The van der Waals surface area contributed by atoms with Crippen LogP contribution in [0, 0.1) is 0 Å². The molecule has 0 amide bonds. The number of carbonyl (C=O) groups is 2. The SMILES string of the molecule is CCCCc1ncc(CCSc2cccc(C(=O)O)c2)n1Cc1ccc(C(=O)O)cc1. The van der Waals surface area contributed by atoms with E-state index in [0.717, 1.165) is 53.4 Å². The Morgan fingerprint density at radius 3 is 2.42 bits per heavy atom. The van der Waals surface area contributed by atoms with Crippen molar-refractivity contribution in [2.45, 2.75) is 44.0 Å². The molecule has 0 saturated heterocycles. The standard InChI is InChI=1S/C24H26N2O4S/c1-2-3-7-22-25-15-20(12-13-31-21-6-4-5-19(14-21)24(29)30)26(22)16-17-8-10-18(11-9-17)23(27)28/h4-6,8-11,14-15H,2-3,7,12-13,16H2,1H3,(H,27,28)(H,29,30). The predicted molar refractivity (Wildman–Crippen MR) is 121 cm³/mol. The zero-order chi connectivity index (χ0) is 22.2. The lowest BCUT2D eigenvalue weighted by molar-refractivity contribution is 0.0686. The lowest BCUT2D eigenvalue weighted by Gasteiger charge is -2.13. The van der Waals surface area contributed by atoms with Gasteiger partial charge in [0.25, 0.3) is 0 Å². The minimum absolute atomic E-state index is 0.279. The molecule has 0 spiro atoms. The minimum atomic E-state index is -0.928. The van der Waals surface area contributed by atoms with Gasteiger partial charge in [-0.25, -0.2) is 14.6 Å². The van der Waals surface area contributed by atoms with Crippen molar-refractivity contribution in [1.82, 2.24) is 9.55 Å². The Balaban J connectivity index is 1.72. The van der Waals surface area contributed by atoms with Crippen LogP contribution in [0.3, 0.4) is 0 Å². The Labute approximate surface area is 186 Å². The number of aryl methyl sites for hydroxylation is 2. The summed E-state index contributed by atoms with van der Waals surface area (Å²) < 4.78 is 2.22. The molecule has 0 bridgehead atoms. The Bertz CT molecular complexity index is 1040. The number of carboxylic acids is 2. The summed E-state index contributed by atoms with van der Waals surface area (Å²) in [7, 11) is 0. The highest BCUT2D eigenvalue weighted by atomic mass is 32.2. The molecule has 6 nitrogen and oxygen atoms in total. The number of aromatic carboxylic acids is 2. The molecule has 3 rings (SSSR count). The molecule has 2 aromatic carbocycles. The first-order valence-electron chi connectivity index (χ1n) is 10.3. The van der Waals surface area contributed by atoms with E-state index in [1.807, 2.05) is 24.4 Å². The first-order valence-corrected chi connectivity index (χ1v) is 11.3. The van der Waals surface area contributed by atoms with Gasteiger partial charge in [0.1, 0.15) is 5.82 Å². The van der Waals surface area contributed by atoms with Gasteiger partial charge >= 0.3 is 11.9 Å². The van der Waals surface area contributed by atoms with Gasteiger partial charge in [-0.1, -0.05) is 31.5 Å². The van der Waals surface area contributed by atoms with E-state index in [1.54, 1.807) is 42.1 Å². The number of rotatable bonds is 11. The second kappa shape index (κ2) is 10.8. The molecule has 2 N–H and O–H groups in total. The van der Waals surface area contributed by atoms with Gasteiger partial charge < -0.3 is 14.8 Å². The highest BCUT2D eigenvalue weighted by molar-refractivity contribution is 7.99. The summed E-state index contributed by atoms with van der Waals surface area (Å²) in [5, 5.41) is 18.3. The van der Waals surface area contributed by atoms with Gasteiger partial charge in [-0.2, -0.15) is 0 Å². The molecule has 0 unspecified atom stereocenters. The molecule has 31 heavy (non-hydrogen) atoms. The average Bonchev–Trinajstić information content (AvgIpc) is 3.14. The molecular formula is C24H26N2O4S. The van der Waals surface area contributed by atoms with Crippen molar-refractivity contribution >= 4 is 23.7 Å². The molecule has 0 aliphatic carbocycles. The second-order valence-electron chi connectivity index (χ2n) is 7.29. The maximum atomic E-state index is 11.2. The summed E-state index contributed by atoms with van der Waals surface area (Å²) in [5.74, 6) is -0.00512. The van der Waals surface area contributed by atoms with E-state index >= 15 is 0 Å². The van der Waals surface area contributed by atoms with Gasteiger partial charge in [-0.05, 0) is 48.7 Å². The van der Waals surface area contributed by atoms with Crippen LogP contribution in [-0.2, 0) is 19.4 Å². The summed E-state index contributed by atoms with van der Waals surface area (Å²) >= 11 is 1.62. The third-order valence-electron chi connectivity index (χ3n) is 5.02. The zero-order valence-electron chi connectivity index (χ0n) is 17.5. The van der Waals surface area contributed by atoms with E-state index in [4.69, 9.17) is 10.2 Å². The third-order valence-corrected chi connectivity index (χ3v) is 6.02. The first-order chi connectivity index (χ1) is 15.0. The van der Waals surface area contributed by atoms with E-state index in [0.29, 0.717) is 12.1 Å². The number of hydrogen-bond acceptors (Lipinski definition) is 4. The number of imidazole rings is 1. The quantitative estimate of drug-likeness (QED) is 0.409. The van der Waals surface area contributed by atoms with Crippen LogP contribution in [-0.4, -0.2) is 37.5 Å². The molecule has 0 fully saturated rings. The molecule has 0 atom stereocenters. The molecule has 1 aromatic heterocycles. The van der Waals surface area contributed by atoms with Crippen molar-refractivity contribution in [2.24, 2.45) is 0 Å². The van der Waals surface area contributed by atoms with Gasteiger partial charge in [0.05, 0.1) is 11.1 Å². The number of nitrogens with zero attached hydrogens (tertiary/aromatic N) is 2. The van der Waals surface area contributed by atoms with Gasteiger partial charge in [0, 0.05) is 35.5 Å². The molecule has 3 aromatic rings. The molecule has 1 heterocycles. The number of thioether (sulfide) groups is 1. The number of carboxylic acid groups (broad SMARTS) is 2. The molecule has 0 saturated carbocycles. The van der Waals surface area contributed by atoms with Crippen molar-refractivity contribution in [3.05, 3.63) is 82.9 Å². The van der Waals surface area contributed by atoms with Crippen LogP contribution in [0.5, 0.6) is 0 Å². The number of benzene rings is 2. The van der Waals surface area contributed by atoms with Crippen LogP contribution in [0.15, 0.2) is 59.6 Å². The number of hydrogen-bond donors (Lipinski definition) is 2. The summed E-state index contributed by atoms with van der Waals surface area (Å²) in [6.45, 7) is 2.80. The molecule has 0 radical (unpaired) electrons. The maximum Gasteiger partial charge on any atom is 0.335 e. The zero-order valence-corrected chi connectivity index (χ0v) is 18.3. The molecule has 0 aliphatic rings. The molecular weight excluding hydrogens is 412 g/mol.